The SMILES string of the molecule is Nc1[nH]ncc1-c1c(F)ccc(Br)c1F. The van der Waals surface area contributed by atoms with E-state index in [2.05, 4.69) is 26.1 Å². The lowest BCUT2D eigenvalue weighted by atomic mass is 10.1. The summed E-state index contributed by atoms with van der Waals surface area (Å²) in [5.41, 5.74) is 5.52. The van der Waals surface area contributed by atoms with Crippen LogP contribution in [0.4, 0.5) is 14.6 Å². The van der Waals surface area contributed by atoms with Crippen molar-refractivity contribution in [1.82, 2.24) is 10.2 Å². The van der Waals surface area contributed by atoms with Gasteiger partial charge in [0.05, 0.1) is 16.2 Å². The van der Waals surface area contributed by atoms with Crippen LogP contribution in [0.1, 0.15) is 0 Å². The third kappa shape index (κ3) is 1.61. The first-order chi connectivity index (χ1) is 7.11. The second kappa shape index (κ2) is 3.62. The summed E-state index contributed by atoms with van der Waals surface area (Å²) < 4.78 is 27.2. The number of hydrogen-bond donors (Lipinski definition) is 2. The molecule has 0 atom stereocenters. The molecule has 3 N–H and O–H groups in total. The zero-order chi connectivity index (χ0) is 11.0. The smallest absolute Gasteiger partial charge is 0.148 e. The summed E-state index contributed by atoms with van der Waals surface area (Å²) in [4.78, 5) is 0. The number of rotatable bonds is 1. The van der Waals surface area contributed by atoms with Crippen molar-refractivity contribution < 1.29 is 8.78 Å². The summed E-state index contributed by atoms with van der Waals surface area (Å²) in [5.74, 6) is -1.24. The number of benzene rings is 1. The molecule has 3 nitrogen and oxygen atoms in total. The van der Waals surface area contributed by atoms with Gasteiger partial charge >= 0.3 is 0 Å². The summed E-state index contributed by atoms with van der Waals surface area (Å²) in [6, 6.07) is 2.46. The summed E-state index contributed by atoms with van der Waals surface area (Å²) in [6.45, 7) is 0. The topological polar surface area (TPSA) is 54.7 Å². The number of anilines is 1. The van der Waals surface area contributed by atoms with E-state index < -0.39 is 11.6 Å². The Bertz CT molecular complexity index is 510. The van der Waals surface area contributed by atoms with Gasteiger partial charge in [-0.1, -0.05) is 0 Å². The lowest BCUT2D eigenvalue weighted by Crippen LogP contribution is -1.94. The highest BCUT2D eigenvalue weighted by Crippen LogP contribution is 2.32. The molecule has 1 heterocycles. The molecule has 0 unspecified atom stereocenters. The normalized spacial score (nSPS) is 10.6. The van der Waals surface area contributed by atoms with Crippen molar-refractivity contribution in [2.45, 2.75) is 0 Å². The van der Waals surface area contributed by atoms with Gasteiger partial charge in [-0.2, -0.15) is 5.10 Å². The number of hydrogen-bond acceptors (Lipinski definition) is 2. The maximum absolute atomic E-state index is 13.6. The standard InChI is InChI=1S/C9H6BrF2N3/c10-5-1-2-6(11)7(8(5)12)4-3-14-15-9(4)13/h1-3H,(H3,13,14,15). The van der Waals surface area contributed by atoms with E-state index in [0.717, 1.165) is 6.07 Å². The maximum atomic E-state index is 13.6. The predicted molar refractivity (Wildman–Crippen MR) is 56.1 cm³/mol. The van der Waals surface area contributed by atoms with Crippen LogP contribution in [-0.4, -0.2) is 10.2 Å². The van der Waals surface area contributed by atoms with Crippen molar-refractivity contribution in [1.29, 1.82) is 0 Å². The third-order valence-electron chi connectivity index (χ3n) is 1.98. The number of H-pyrrole nitrogens is 1. The van der Waals surface area contributed by atoms with Crippen molar-refractivity contribution in [2.75, 3.05) is 5.73 Å². The van der Waals surface area contributed by atoms with Gasteiger partial charge in [0.1, 0.15) is 17.5 Å². The van der Waals surface area contributed by atoms with Gasteiger partial charge in [0, 0.05) is 5.56 Å². The van der Waals surface area contributed by atoms with E-state index in [-0.39, 0.29) is 21.4 Å². The molecule has 1 aromatic heterocycles. The first-order valence-electron chi connectivity index (χ1n) is 4.04. The quantitative estimate of drug-likeness (QED) is 0.785. The van der Waals surface area contributed by atoms with Crippen LogP contribution in [0, 0.1) is 11.6 Å². The van der Waals surface area contributed by atoms with Gasteiger partial charge in [-0.15, -0.1) is 0 Å². The predicted octanol–water partition coefficient (Wildman–Crippen LogP) is 2.70. The molecular formula is C9H6BrF2N3. The largest absolute Gasteiger partial charge is 0.384 e. The monoisotopic (exact) mass is 273 g/mol. The summed E-state index contributed by atoms with van der Waals surface area (Å²) in [5, 5.41) is 6.03. The molecule has 0 fully saturated rings. The maximum Gasteiger partial charge on any atom is 0.148 e. The summed E-state index contributed by atoms with van der Waals surface area (Å²) in [7, 11) is 0. The third-order valence-corrected chi connectivity index (χ3v) is 2.59. The molecule has 0 aliphatic carbocycles. The molecule has 2 aromatic rings. The Kier molecular flexibility index (Phi) is 2.44. The van der Waals surface area contributed by atoms with Crippen LogP contribution < -0.4 is 5.73 Å². The number of nitrogens with two attached hydrogens (primary N) is 1. The van der Waals surface area contributed by atoms with Gasteiger partial charge in [0.25, 0.3) is 0 Å². The summed E-state index contributed by atoms with van der Waals surface area (Å²) in [6.07, 6.45) is 1.28. The highest BCUT2D eigenvalue weighted by atomic mass is 79.9. The van der Waals surface area contributed by atoms with Crippen LogP contribution in [0.3, 0.4) is 0 Å². The average molecular weight is 274 g/mol. The molecule has 0 amide bonds. The molecule has 0 radical (unpaired) electrons. The fraction of sp³-hybridized carbons (Fsp3) is 0. The lowest BCUT2D eigenvalue weighted by molar-refractivity contribution is 0.585. The highest BCUT2D eigenvalue weighted by Gasteiger charge is 2.17. The van der Waals surface area contributed by atoms with E-state index in [4.69, 9.17) is 5.73 Å². The van der Waals surface area contributed by atoms with Crippen molar-refractivity contribution in [3.05, 3.63) is 34.4 Å². The average Bonchev–Trinajstić information content (AvgIpc) is 2.60. The Morgan fingerprint density at radius 3 is 2.67 bits per heavy atom. The molecule has 1 aromatic carbocycles. The minimum atomic E-state index is -0.692. The Labute approximate surface area is 92.4 Å². The lowest BCUT2D eigenvalue weighted by Gasteiger charge is -2.04. The fourth-order valence-electron chi connectivity index (χ4n) is 1.27. The Balaban J connectivity index is 2.72. The van der Waals surface area contributed by atoms with Gasteiger partial charge in [-0.05, 0) is 28.1 Å². The number of halogens is 3. The van der Waals surface area contributed by atoms with Crippen LogP contribution in [0.5, 0.6) is 0 Å². The van der Waals surface area contributed by atoms with E-state index in [1.54, 1.807) is 0 Å². The first kappa shape index (κ1) is 10.1. The number of nitrogens with zero attached hydrogens (tertiary/aromatic N) is 1. The molecular weight excluding hydrogens is 268 g/mol. The van der Waals surface area contributed by atoms with Gasteiger partial charge in [-0.3, -0.25) is 5.10 Å². The van der Waals surface area contributed by atoms with Gasteiger partial charge in [0.15, 0.2) is 0 Å². The van der Waals surface area contributed by atoms with Crippen molar-refractivity contribution in [2.24, 2.45) is 0 Å². The van der Waals surface area contributed by atoms with Crippen molar-refractivity contribution in [3.63, 3.8) is 0 Å². The fourth-order valence-corrected chi connectivity index (χ4v) is 1.60. The summed E-state index contributed by atoms with van der Waals surface area (Å²) >= 11 is 2.98. The van der Waals surface area contributed by atoms with E-state index in [9.17, 15) is 8.78 Å². The molecule has 0 saturated heterocycles. The second-order valence-electron chi connectivity index (χ2n) is 2.92. The zero-order valence-electron chi connectivity index (χ0n) is 7.39. The molecule has 0 saturated carbocycles. The van der Waals surface area contributed by atoms with Crippen LogP contribution in [0.25, 0.3) is 11.1 Å². The van der Waals surface area contributed by atoms with Crippen molar-refractivity contribution in [3.8, 4) is 11.1 Å². The van der Waals surface area contributed by atoms with E-state index in [1.807, 2.05) is 0 Å². The molecule has 0 aliphatic rings. The molecule has 6 heteroatoms. The Morgan fingerprint density at radius 2 is 2.07 bits per heavy atom. The van der Waals surface area contributed by atoms with Crippen LogP contribution in [0.15, 0.2) is 22.8 Å². The van der Waals surface area contributed by atoms with Gasteiger partial charge in [-0.25, -0.2) is 8.78 Å². The van der Waals surface area contributed by atoms with E-state index >= 15 is 0 Å². The molecule has 0 aliphatic heterocycles. The first-order valence-corrected chi connectivity index (χ1v) is 4.83. The van der Waals surface area contributed by atoms with Crippen LogP contribution in [0.2, 0.25) is 0 Å². The molecule has 78 valence electrons. The van der Waals surface area contributed by atoms with Gasteiger partial charge < -0.3 is 5.73 Å². The highest BCUT2D eigenvalue weighted by molar-refractivity contribution is 9.10. The van der Waals surface area contributed by atoms with Crippen LogP contribution >= 0.6 is 15.9 Å². The number of nitrogen functional groups attached to an aromatic ring is 1. The van der Waals surface area contributed by atoms with Crippen molar-refractivity contribution >= 4 is 21.7 Å². The zero-order valence-corrected chi connectivity index (χ0v) is 8.98. The second-order valence-corrected chi connectivity index (χ2v) is 3.77. The molecule has 0 bridgehead atoms. The minimum absolute atomic E-state index is 0.130. The van der Waals surface area contributed by atoms with Gasteiger partial charge in [0.2, 0.25) is 0 Å². The number of aromatic nitrogens is 2. The number of aromatic amines is 1. The molecule has 15 heavy (non-hydrogen) atoms. The van der Waals surface area contributed by atoms with Crippen LogP contribution in [-0.2, 0) is 0 Å². The molecule has 0 spiro atoms. The minimum Gasteiger partial charge on any atom is -0.384 e. The molecule has 2 rings (SSSR count). The van der Waals surface area contributed by atoms with E-state index in [0.29, 0.717) is 0 Å². The Morgan fingerprint density at radius 1 is 1.33 bits per heavy atom. The van der Waals surface area contributed by atoms with E-state index in [1.165, 1.54) is 12.3 Å². The Hall–Kier alpha value is -1.43. The number of nitrogens with one attached hydrogen (secondary N) is 1.